The minimum absolute atomic E-state index is 0.623. The molecule has 0 atom stereocenters. The normalized spacial score (nSPS) is 10.5. The van der Waals surface area contributed by atoms with E-state index in [2.05, 4.69) is 21.0 Å². The van der Waals surface area contributed by atoms with Crippen LogP contribution in [0.2, 0.25) is 0 Å². The quantitative estimate of drug-likeness (QED) is 0.862. The topological polar surface area (TPSA) is 53.1 Å². The molecular weight excluding hydrogens is 282 g/mol. The highest BCUT2D eigenvalue weighted by Gasteiger charge is 2.04. The molecule has 90 valence electrons. The summed E-state index contributed by atoms with van der Waals surface area (Å²) >= 11 is 3.49. The molecule has 1 aromatic heterocycles. The van der Waals surface area contributed by atoms with Gasteiger partial charge in [0.2, 0.25) is 0 Å². The van der Waals surface area contributed by atoms with Crippen molar-refractivity contribution in [2.24, 2.45) is 5.73 Å². The molecule has 0 fully saturated rings. The zero-order valence-corrected chi connectivity index (χ0v) is 10.9. The van der Waals surface area contributed by atoms with E-state index < -0.39 is 0 Å². The number of hydrogen-bond acceptors (Lipinski definition) is 3. The summed E-state index contributed by atoms with van der Waals surface area (Å²) in [6, 6.07) is 7.90. The van der Waals surface area contributed by atoms with Crippen molar-refractivity contribution in [3.05, 3.63) is 41.1 Å². The molecule has 0 saturated heterocycles. The molecule has 2 aromatic rings. The summed E-state index contributed by atoms with van der Waals surface area (Å²) in [5.74, 6) is 0.759. The van der Waals surface area contributed by atoms with Gasteiger partial charge >= 0.3 is 0 Å². The minimum Gasteiger partial charge on any atom is -0.490 e. The number of rotatable bonds is 5. The predicted molar refractivity (Wildman–Crippen MR) is 70.4 cm³/mol. The molecule has 17 heavy (non-hydrogen) atoms. The van der Waals surface area contributed by atoms with E-state index in [0.29, 0.717) is 13.2 Å². The van der Waals surface area contributed by atoms with Crippen LogP contribution in [0.3, 0.4) is 0 Å². The van der Waals surface area contributed by atoms with Crippen molar-refractivity contribution >= 4 is 15.9 Å². The Labute approximate surface area is 109 Å². The summed E-state index contributed by atoms with van der Waals surface area (Å²) in [5, 5.41) is 4.26. The number of halogens is 1. The van der Waals surface area contributed by atoms with Crippen LogP contribution in [-0.4, -0.2) is 22.9 Å². The van der Waals surface area contributed by atoms with Gasteiger partial charge in [-0.1, -0.05) is 12.1 Å². The van der Waals surface area contributed by atoms with Crippen LogP contribution in [0.4, 0.5) is 0 Å². The zero-order chi connectivity index (χ0) is 12.1. The monoisotopic (exact) mass is 295 g/mol. The average molecular weight is 296 g/mol. The number of nitrogens with two attached hydrogens (primary N) is 1. The third-order valence-electron chi connectivity index (χ3n) is 2.28. The van der Waals surface area contributed by atoms with Crippen molar-refractivity contribution in [2.75, 3.05) is 13.2 Å². The van der Waals surface area contributed by atoms with E-state index in [4.69, 9.17) is 10.5 Å². The number of nitrogens with zero attached hydrogens (tertiary/aromatic N) is 2. The van der Waals surface area contributed by atoms with Gasteiger partial charge in [0, 0.05) is 4.47 Å². The lowest BCUT2D eigenvalue weighted by Crippen LogP contribution is -2.05. The molecule has 5 heteroatoms. The highest BCUT2D eigenvalue weighted by Crippen LogP contribution is 2.21. The molecule has 1 heterocycles. The van der Waals surface area contributed by atoms with Crippen LogP contribution < -0.4 is 10.5 Å². The third kappa shape index (κ3) is 3.08. The third-order valence-corrected chi connectivity index (χ3v) is 2.95. The molecule has 0 amide bonds. The first-order valence-electron chi connectivity index (χ1n) is 5.43. The summed E-state index contributed by atoms with van der Waals surface area (Å²) in [6.45, 7) is 1.26. The van der Waals surface area contributed by atoms with Crippen molar-refractivity contribution in [2.45, 2.75) is 6.42 Å². The molecule has 0 aliphatic carbocycles. The molecule has 0 saturated carbocycles. The molecule has 0 bridgehead atoms. The van der Waals surface area contributed by atoms with Gasteiger partial charge in [-0.15, -0.1) is 0 Å². The molecule has 0 aliphatic heterocycles. The molecule has 2 N–H and O–H groups in total. The second-order valence-corrected chi connectivity index (χ2v) is 4.42. The van der Waals surface area contributed by atoms with Crippen molar-refractivity contribution in [3.8, 4) is 11.4 Å². The summed E-state index contributed by atoms with van der Waals surface area (Å²) in [4.78, 5) is 0. The van der Waals surface area contributed by atoms with E-state index in [0.717, 1.165) is 22.3 Å². The van der Waals surface area contributed by atoms with Gasteiger partial charge in [-0.2, -0.15) is 5.10 Å². The first kappa shape index (κ1) is 12.1. The van der Waals surface area contributed by atoms with Crippen LogP contribution in [0.15, 0.2) is 41.1 Å². The van der Waals surface area contributed by atoms with Gasteiger partial charge in [-0.3, -0.25) is 0 Å². The molecule has 4 nitrogen and oxygen atoms in total. The smallest absolute Gasteiger partial charge is 0.157 e. The van der Waals surface area contributed by atoms with E-state index in [-0.39, 0.29) is 0 Å². The molecule has 0 unspecified atom stereocenters. The molecule has 2 rings (SSSR count). The lowest BCUT2D eigenvalue weighted by atomic mass is 10.3. The van der Waals surface area contributed by atoms with E-state index in [1.165, 1.54) is 0 Å². The van der Waals surface area contributed by atoms with Crippen LogP contribution in [0.1, 0.15) is 6.42 Å². The van der Waals surface area contributed by atoms with Gasteiger partial charge in [0.05, 0.1) is 24.7 Å². The zero-order valence-electron chi connectivity index (χ0n) is 9.34. The van der Waals surface area contributed by atoms with Gasteiger partial charge in [0.15, 0.2) is 5.75 Å². The summed E-state index contributed by atoms with van der Waals surface area (Å²) in [7, 11) is 0. The first-order valence-corrected chi connectivity index (χ1v) is 6.23. The molecule has 0 radical (unpaired) electrons. The first-order chi connectivity index (χ1) is 8.31. The van der Waals surface area contributed by atoms with Gasteiger partial charge < -0.3 is 10.5 Å². The number of benzene rings is 1. The number of aromatic nitrogens is 2. The standard InChI is InChI=1S/C12H14BrN3O/c13-11-4-1-2-5-12(11)16-9-10(8-15-16)17-7-3-6-14/h1-2,4-5,8-9H,3,6-7,14H2. The van der Waals surface area contributed by atoms with Crippen molar-refractivity contribution in [1.82, 2.24) is 9.78 Å². The molecule has 1 aromatic carbocycles. The Morgan fingerprint density at radius 1 is 1.35 bits per heavy atom. The van der Waals surface area contributed by atoms with Crippen LogP contribution in [-0.2, 0) is 0 Å². The molecule has 0 spiro atoms. The summed E-state index contributed by atoms with van der Waals surface area (Å²) < 4.78 is 8.29. The fraction of sp³-hybridized carbons (Fsp3) is 0.250. The summed E-state index contributed by atoms with van der Waals surface area (Å²) in [6.07, 6.45) is 4.41. The Morgan fingerprint density at radius 2 is 2.18 bits per heavy atom. The fourth-order valence-electron chi connectivity index (χ4n) is 1.42. The number of para-hydroxylation sites is 1. The highest BCUT2D eigenvalue weighted by atomic mass is 79.9. The average Bonchev–Trinajstić information content (AvgIpc) is 2.79. The fourth-order valence-corrected chi connectivity index (χ4v) is 1.89. The minimum atomic E-state index is 0.623. The van der Waals surface area contributed by atoms with E-state index >= 15 is 0 Å². The number of hydrogen-bond donors (Lipinski definition) is 1. The lowest BCUT2D eigenvalue weighted by Gasteiger charge is -2.03. The van der Waals surface area contributed by atoms with Gasteiger partial charge in [-0.05, 0) is 41.0 Å². The molecule has 0 aliphatic rings. The van der Waals surface area contributed by atoms with Crippen LogP contribution >= 0.6 is 15.9 Å². The van der Waals surface area contributed by atoms with Crippen LogP contribution in [0.25, 0.3) is 5.69 Å². The number of ether oxygens (including phenoxy) is 1. The SMILES string of the molecule is NCCCOc1cnn(-c2ccccc2Br)c1. The van der Waals surface area contributed by atoms with Crippen LogP contribution in [0, 0.1) is 0 Å². The Bertz CT molecular complexity index is 484. The van der Waals surface area contributed by atoms with Crippen molar-refractivity contribution in [3.63, 3.8) is 0 Å². The van der Waals surface area contributed by atoms with Crippen LogP contribution in [0.5, 0.6) is 5.75 Å². The maximum atomic E-state index is 5.51. The Morgan fingerprint density at radius 3 is 2.94 bits per heavy atom. The predicted octanol–water partition coefficient (Wildman–Crippen LogP) is 2.36. The summed E-state index contributed by atoms with van der Waals surface area (Å²) in [5.41, 5.74) is 6.39. The second-order valence-electron chi connectivity index (χ2n) is 3.56. The Kier molecular flexibility index (Phi) is 4.17. The maximum absolute atomic E-state index is 5.51. The lowest BCUT2D eigenvalue weighted by molar-refractivity contribution is 0.313. The van der Waals surface area contributed by atoms with E-state index in [1.807, 2.05) is 30.5 Å². The van der Waals surface area contributed by atoms with E-state index in [1.54, 1.807) is 10.9 Å². The second kappa shape index (κ2) is 5.84. The Hall–Kier alpha value is -1.33. The largest absolute Gasteiger partial charge is 0.490 e. The molecular formula is C12H14BrN3O. The van der Waals surface area contributed by atoms with Crippen molar-refractivity contribution in [1.29, 1.82) is 0 Å². The van der Waals surface area contributed by atoms with Gasteiger partial charge in [0.25, 0.3) is 0 Å². The van der Waals surface area contributed by atoms with Gasteiger partial charge in [-0.25, -0.2) is 4.68 Å². The Balaban J connectivity index is 2.10. The van der Waals surface area contributed by atoms with Crippen molar-refractivity contribution < 1.29 is 4.74 Å². The van der Waals surface area contributed by atoms with E-state index in [9.17, 15) is 0 Å². The van der Waals surface area contributed by atoms with Gasteiger partial charge in [0.1, 0.15) is 0 Å². The highest BCUT2D eigenvalue weighted by molar-refractivity contribution is 9.10. The maximum Gasteiger partial charge on any atom is 0.157 e.